The lowest BCUT2D eigenvalue weighted by Crippen LogP contribution is -2.36. The number of hydrogen-bond donors (Lipinski definition) is 1. The van der Waals surface area contributed by atoms with Crippen LogP contribution in [0.15, 0.2) is 60.7 Å². The molecule has 2 N–H and O–H groups in total. The van der Waals surface area contributed by atoms with Crippen LogP contribution >= 0.6 is 12.4 Å². The molecular formula is C19H26ClN. The summed E-state index contributed by atoms with van der Waals surface area (Å²) < 4.78 is 0. The lowest BCUT2D eigenvalue weighted by Gasteiger charge is -2.31. The minimum atomic E-state index is 0. The number of nitrogens with two attached hydrogens (primary N) is 1. The van der Waals surface area contributed by atoms with Gasteiger partial charge in [-0.3, -0.25) is 0 Å². The molecule has 0 radical (unpaired) electrons. The minimum absolute atomic E-state index is 0. The van der Waals surface area contributed by atoms with Gasteiger partial charge in [0.1, 0.15) is 0 Å². The Morgan fingerprint density at radius 3 is 1.52 bits per heavy atom. The van der Waals surface area contributed by atoms with Crippen molar-refractivity contribution >= 4 is 12.4 Å². The fourth-order valence-corrected chi connectivity index (χ4v) is 2.44. The first kappa shape index (κ1) is 17.7. The van der Waals surface area contributed by atoms with Gasteiger partial charge in [-0.2, -0.15) is 0 Å². The van der Waals surface area contributed by atoms with Gasteiger partial charge in [-0.15, -0.1) is 12.4 Å². The topological polar surface area (TPSA) is 26.0 Å². The van der Waals surface area contributed by atoms with E-state index in [-0.39, 0.29) is 23.9 Å². The highest BCUT2D eigenvalue weighted by Gasteiger charge is 2.25. The summed E-state index contributed by atoms with van der Waals surface area (Å²) in [6.45, 7) is 6.64. The molecule has 2 aromatic carbocycles. The molecule has 0 bridgehead atoms. The highest BCUT2D eigenvalue weighted by atomic mass is 35.5. The molecule has 2 rings (SSSR count). The van der Waals surface area contributed by atoms with Gasteiger partial charge >= 0.3 is 0 Å². The second kappa shape index (κ2) is 7.63. The van der Waals surface area contributed by atoms with E-state index in [1.165, 1.54) is 11.1 Å². The Labute approximate surface area is 135 Å². The third kappa shape index (κ3) is 4.87. The second-order valence-electron chi connectivity index (χ2n) is 6.58. The lowest BCUT2D eigenvalue weighted by atomic mass is 9.78. The van der Waals surface area contributed by atoms with Crippen molar-refractivity contribution in [1.82, 2.24) is 0 Å². The maximum absolute atomic E-state index is 6.43. The molecule has 1 nitrogen and oxygen atoms in total. The quantitative estimate of drug-likeness (QED) is 0.844. The van der Waals surface area contributed by atoms with Crippen LogP contribution in [0.4, 0.5) is 0 Å². The second-order valence-corrected chi connectivity index (χ2v) is 6.58. The third-order valence-corrected chi connectivity index (χ3v) is 4.01. The molecule has 0 aliphatic heterocycles. The Balaban J connectivity index is 0.00000220. The van der Waals surface area contributed by atoms with Crippen LogP contribution in [0.5, 0.6) is 0 Å². The van der Waals surface area contributed by atoms with Crippen LogP contribution < -0.4 is 5.73 Å². The number of halogens is 1. The molecule has 0 amide bonds. The van der Waals surface area contributed by atoms with Crippen LogP contribution in [0, 0.1) is 5.41 Å². The fraction of sp³-hybridized carbons (Fsp3) is 0.368. The SMILES string of the molecule is CC(C)(C)C(N)CC(c1ccccc1)c1ccccc1.Cl. The van der Waals surface area contributed by atoms with Crippen molar-refractivity contribution in [1.29, 1.82) is 0 Å². The molecule has 0 aliphatic rings. The van der Waals surface area contributed by atoms with E-state index in [9.17, 15) is 0 Å². The first-order valence-electron chi connectivity index (χ1n) is 7.34. The normalized spacial score (nSPS) is 12.8. The van der Waals surface area contributed by atoms with E-state index in [4.69, 9.17) is 5.73 Å². The maximum atomic E-state index is 6.43. The van der Waals surface area contributed by atoms with Crippen molar-refractivity contribution in [2.45, 2.75) is 39.2 Å². The Hall–Kier alpha value is -1.31. The molecule has 114 valence electrons. The van der Waals surface area contributed by atoms with E-state index in [0.29, 0.717) is 5.92 Å². The molecule has 1 atom stereocenters. The van der Waals surface area contributed by atoms with Crippen LogP contribution in [0.3, 0.4) is 0 Å². The summed E-state index contributed by atoms with van der Waals surface area (Å²) in [6, 6.07) is 21.5. The standard InChI is InChI=1S/C19H25N.ClH/c1-19(2,3)18(20)14-17(15-10-6-4-7-11-15)16-12-8-5-9-13-16;/h4-13,17-18H,14,20H2,1-3H3;1H. The van der Waals surface area contributed by atoms with Gasteiger partial charge < -0.3 is 5.73 Å². The summed E-state index contributed by atoms with van der Waals surface area (Å²) in [6.07, 6.45) is 0.970. The summed E-state index contributed by atoms with van der Waals surface area (Å²) in [5.41, 5.74) is 9.24. The van der Waals surface area contributed by atoms with Gasteiger partial charge in [-0.25, -0.2) is 0 Å². The van der Waals surface area contributed by atoms with Crippen molar-refractivity contribution < 1.29 is 0 Å². The van der Waals surface area contributed by atoms with Gasteiger partial charge in [0.2, 0.25) is 0 Å². The first-order valence-corrected chi connectivity index (χ1v) is 7.34. The molecule has 0 aliphatic carbocycles. The summed E-state index contributed by atoms with van der Waals surface area (Å²) >= 11 is 0. The molecule has 0 heterocycles. The van der Waals surface area contributed by atoms with E-state index >= 15 is 0 Å². The average molecular weight is 304 g/mol. The molecule has 1 unspecified atom stereocenters. The van der Waals surface area contributed by atoms with Gasteiger partial charge in [0.25, 0.3) is 0 Å². The maximum Gasteiger partial charge on any atom is 0.0104 e. The molecule has 0 spiro atoms. The van der Waals surface area contributed by atoms with Crippen molar-refractivity contribution in [2.75, 3.05) is 0 Å². The predicted molar refractivity (Wildman–Crippen MR) is 94.0 cm³/mol. The van der Waals surface area contributed by atoms with Crippen LogP contribution in [0.1, 0.15) is 44.2 Å². The molecule has 0 saturated heterocycles. The van der Waals surface area contributed by atoms with E-state index in [1.807, 2.05) is 0 Å². The largest absolute Gasteiger partial charge is 0.327 e. The van der Waals surface area contributed by atoms with Gasteiger partial charge in [0, 0.05) is 12.0 Å². The minimum Gasteiger partial charge on any atom is -0.327 e. The average Bonchev–Trinajstić information content (AvgIpc) is 2.45. The van der Waals surface area contributed by atoms with Crippen molar-refractivity contribution in [3.63, 3.8) is 0 Å². The zero-order valence-electron chi connectivity index (χ0n) is 13.1. The smallest absolute Gasteiger partial charge is 0.0104 e. The molecule has 21 heavy (non-hydrogen) atoms. The van der Waals surface area contributed by atoms with Crippen LogP contribution in [0.25, 0.3) is 0 Å². The predicted octanol–water partition coefficient (Wildman–Crippen LogP) is 5.00. The first-order chi connectivity index (χ1) is 9.48. The summed E-state index contributed by atoms with van der Waals surface area (Å²) in [7, 11) is 0. The monoisotopic (exact) mass is 303 g/mol. The van der Waals surface area contributed by atoms with Gasteiger partial charge in [0.05, 0.1) is 0 Å². The molecule has 0 fully saturated rings. The Kier molecular flexibility index (Phi) is 6.44. The summed E-state index contributed by atoms with van der Waals surface area (Å²) in [5, 5.41) is 0. The van der Waals surface area contributed by atoms with Crippen molar-refractivity contribution in [3.05, 3.63) is 71.8 Å². The molecular weight excluding hydrogens is 278 g/mol. The van der Waals surface area contributed by atoms with Crippen LogP contribution in [-0.2, 0) is 0 Å². The zero-order chi connectivity index (χ0) is 14.6. The highest BCUT2D eigenvalue weighted by molar-refractivity contribution is 5.85. The van der Waals surface area contributed by atoms with Crippen LogP contribution in [-0.4, -0.2) is 6.04 Å². The summed E-state index contributed by atoms with van der Waals surface area (Å²) in [4.78, 5) is 0. The van der Waals surface area contributed by atoms with Crippen LogP contribution in [0.2, 0.25) is 0 Å². The summed E-state index contributed by atoms with van der Waals surface area (Å²) in [5.74, 6) is 0.367. The van der Waals surface area contributed by atoms with Gasteiger partial charge in [-0.05, 0) is 23.0 Å². The number of hydrogen-bond acceptors (Lipinski definition) is 1. The molecule has 0 aromatic heterocycles. The fourth-order valence-electron chi connectivity index (χ4n) is 2.44. The Morgan fingerprint density at radius 1 is 0.810 bits per heavy atom. The van der Waals surface area contributed by atoms with Gasteiger partial charge in [-0.1, -0.05) is 81.4 Å². The Morgan fingerprint density at radius 2 is 1.19 bits per heavy atom. The van der Waals surface area contributed by atoms with E-state index < -0.39 is 0 Å². The number of rotatable bonds is 4. The zero-order valence-corrected chi connectivity index (χ0v) is 13.9. The van der Waals surface area contributed by atoms with Gasteiger partial charge in [0.15, 0.2) is 0 Å². The third-order valence-electron chi connectivity index (χ3n) is 4.01. The van der Waals surface area contributed by atoms with Crippen molar-refractivity contribution in [2.24, 2.45) is 11.1 Å². The van der Waals surface area contributed by atoms with E-state index in [0.717, 1.165) is 6.42 Å². The van der Waals surface area contributed by atoms with Crippen molar-refractivity contribution in [3.8, 4) is 0 Å². The molecule has 2 heteroatoms. The van der Waals surface area contributed by atoms with E-state index in [1.54, 1.807) is 0 Å². The number of benzene rings is 2. The lowest BCUT2D eigenvalue weighted by molar-refractivity contribution is 0.298. The molecule has 0 saturated carbocycles. The highest BCUT2D eigenvalue weighted by Crippen LogP contribution is 2.33. The van der Waals surface area contributed by atoms with E-state index in [2.05, 4.69) is 81.4 Å². The Bertz CT molecular complexity index is 477. The molecule has 2 aromatic rings.